The molecule has 1 unspecified atom stereocenters. The van der Waals surface area contributed by atoms with E-state index in [1.54, 1.807) is 14.0 Å². The first-order valence-corrected chi connectivity index (χ1v) is 6.75. The van der Waals surface area contributed by atoms with Crippen LogP contribution in [0.1, 0.15) is 18.1 Å². The van der Waals surface area contributed by atoms with Crippen molar-refractivity contribution in [2.24, 2.45) is 5.73 Å². The number of nitrogens with two attached hydrogens (primary N) is 1. The third-order valence-corrected chi connectivity index (χ3v) is 3.67. The van der Waals surface area contributed by atoms with Crippen molar-refractivity contribution in [1.82, 2.24) is 0 Å². The van der Waals surface area contributed by atoms with Gasteiger partial charge in [0, 0.05) is 5.69 Å². The Bertz CT molecular complexity index is 655. The van der Waals surface area contributed by atoms with Gasteiger partial charge >= 0.3 is 0 Å². The normalized spacial score (nSPS) is 13.3. The number of anilines is 1. The van der Waals surface area contributed by atoms with Crippen LogP contribution in [-0.2, 0) is 10.3 Å². The minimum atomic E-state index is -1.01. The lowest BCUT2D eigenvalue weighted by Gasteiger charge is -2.30. The van der Waals surface area contributed by atoms with E-state index in [0.29, 0.717) is 5.75 Å². The van der Waals surface area contributed by atoms with Gasteiger partial charge in [-0.3, -0.25) is 4.79 Å². The zero-order chi connectivity index (χ0) is 15.5. The third kappa shape index (κ3) is 2.99. The SMILES string of the molecule is COc1cccc(C(C)(Nc2ccccc2C)C(N)=O)c1. The average molecular weight is 284 g/mol. The van der Waals surface area contributed by atoms with Crippen molar-refractivity contribution in [2.75, 3.05) is 12.4 Å². The Morgan fingerprint density at radius 1 is 1.19 bits per heavy atom. The molecule has 1 atom stereocenters. The zero-order valence-electron chi connectivity index (χ0n) is 12.5. The fourth-order valence-corrected chi connectivity index (χ4v) is 2.19. The molecular formula is C17H20N2O2. The van der Waals surface area contributed by atoms with Crippen molar-refractivity contribution in [3.63, 3.8) is 0 Å². The topological polar surface area (TPSA) is 64.3 Å². The summed E-state index contributed by atoms with van der Waals surface area (Å²) in [5.41, 5.74) is 7.32. The molecule has 2 aromatic carbocycles. The van der Waals surface area contributed by atoms with Crippen LogP contribution in [0, 0.1) is 6.92 Å². The van der Waals surface area contributed by atoms with Gasteiger partial charge in [-0.05, 0) is 43.2 Å². The summed E-state index contributed by atoms with van der Waals surface area (Å²) in [7, 11) is 1.59. The van der Waals surface area contributed by atoms with Crippen LogP contribution in [0.2, 0.25) is 0 Å². The van der Waals surface area contributed by atoms with Crippen molar-refractivity contribution in [2.45, 2.75) is 19.4 Å². The van der Waals surface area contributed by atoms with Gasteiger partial charge in [-0.25, -0.2) is 0 Å². The predicted molar refractivity (Wildman–Crippen MR) is 84.3 cm³/mol. The summed E-state index contributed by atoms with van der Waals surface area (Å²) in [6.45, 7) is 3.76. The molecule has 21 heavy (non-hydrogen) atoms. The number of amides is 1. The van der Waals surface area contributed by atoms with Gasteiger partial charge < -0.3 is 15.8 Å². The van der Waals surface area contributed by atoms with Crippen LogP contribution < -0.4 is 15.8 Å². The number of nitrogens with one attached hydrogen (secondary N) is 1. The van der Waals surface area contributed by atoms with E-state index in [2.05, 4.69) is 5.32 Å². The van der Waals surface area contributed by atoms with Crippen LogP contribution in [0.25, 0.3) is 0 Å². The summed E-state index contributed by atoms with van der Waals surface area (Å²) < 4.78 is 5.22. The van der Waals surface area contributed by atoms with Crippen molar-refractivity contribution in [1.29, 1.82) is 0 Å². The molecule has 0 aliphatic heterocycles. The van der Waals surface area contributed by atoms with E-state index in [4.69, 9.17) is 10.5 Å². The molecule has 0 aromatic heterocycles. The molecule has 0 aliphatic rings. The van der Waals surface area contributed by atoms with E-state index < -0.39 is 11.4 Å². The average Bonchev–Trinajstić information content (AvgIpc) is 2.49. The van der Waals surface area contributed by atoms with E-state index in [9.17, 15) is 4.79 Å². The second-order valence-electron chi connectivity index (χ2n) is 5.16. The highest BCUT2D eigenvalue weighted by Crippen LogP contribution is 2.29. The summed E-state index contributed by atoms with van der Waals surface area (Å²) in [6, 6.07) is 15.1. The molecule has 110 valence electrons. The lowest BCUT2D eigenvalue weighted by atomic mass is 9.90. The van der Waals surface area contributed by atoms with Gasteiger partial charge in [-0.2, -0.15) is 0 Å². The molecule has 3 N–H and O–H groups in total. The molecule has 0 heterocycles. The molecule has 0 saturated carbocycles. The molecule has 2 aromatic rings. The van der Waals surface area contributed by atoms with Gasteiger partial charge in [0.05, 0.1) is 7.11 Å². The number of ether oxygens (including phenoxy) is 1. The van der Waals surface area contributed by atoms with E-state index in [1.165, 1.54) is 0 Å². The molecule has 4 nitrogen and oxygen atoms in total. The van der Waals surface area contributed by atoms with Gasteiger partial charge in [-0.15, -0.1) is 0 Å². The first-order valence-electron chi connectivity index (χ1n) is 6.75. The van der Waals surface area contributed by atoms with Crippen LogP contribution >= 0.6 is 0 Å². The number of methoxy groups -OCH3 is 1. The highest BCUT2D eigenvalue weighted by atomic mass is 16.5. The van der Waals surface area contributed by atoms with Crippen molar-refractivity contribution >= 4 is 11.6 Å². The Labute approximate surface area is 124 Å². The van der Waals surface area contributed by atoms with Crippen LogP contribution in [-0.4, -0.2) is 13.0 Å². The molecular weight excluding hydrogens is 264 g/mol. The molecule has 0 fully saturated rings. The minimum Gasteiger partial charge on any atom is -0.497 e. The Morgan fingerprint density at radius 3 is 2.52 bits per heavy atom. The van der Waals surface area contributed by atoms with Gasteiger partial charge in [0.2, 0.25) is 5.91 Å². The van der Waals surface area contributed by atoms with E-state index in [1.807, 2.05) is 55.5 Å². The first kappa shape index (κ1) is 14.9. The summed E-state index contributed by atoms with van der Waals surface area (Å²) in [5, 5.41) is 3.26. The minimum absolute atomic E-state index is 0.445. The number of rotatable bonds is 5. The maximum absolute atomic E-state index is 12.1. The molecule has 2 rings (SSSR count). The van der Waals surface area contributed by atoms with Crippen molar-refractivity contribution in [3.8, 4) is 5.75 Å². The van der Waals surface area contributed by atoms with E-state index >= 15 is 0 Å². The second-order valence-corrected chi connectivity index (χ2v) is 5.16. The molecule has 0 spiro atoms. The number of benzene rings is 2. The van der Waals surface area contributed by atoms with Crippen molar-refractivity contribution < 1.29 is 9.53 Å². The fraction of sp³-hybridized carbons (Fsp3) is 0.235. The summed E-state index contributed by atoms with van der Waals surface area (Å²) in [6.07, 6.45) is 0. The Balaban J connectivity index is 2.45. The smallest absolute Gasteiger partial charge is 0.247 e. The Hall–Kier alpha value is -2.49. The second kappa shape index (κ2) is 5.87. The van der Waals surface area contributed by atoms with E-state index in [0.717, 1.165) is 16.8 Å². The van der Waals surface area contributed by atoms with Crippen LogP contribution in [0.15, 0.2) is 48.5 Å². The van der Waals surface area contributed by atoms with E-state index in [-0.39, 0.29) is 0 Å². The maximum atomic E-state index is 12.1. The lowest BCUT2D eigenvalue weighted by Crippen LogP contribution is -2.45. The number of primary amides is 1. The third-order valence-electron chi connectivity index (χ3n) is 3.67. The number of hydrogen-bond donors (Lipinski definition) is 2. The molecule has 0 bridgehead atoms. The number of para-hydroxylation sites is 1. The Morgan fingerprint density at radius 2 is 1.90 bits per heavy atom. The highest BCUT2D eigenvalue weighted by molar-refractivity contribution is 5.89. The number of carbonyl (C=O) groups is 1. The summed E-state index contributed by atoms with van der Waals surface area (Å²) in [5.74, 6) is 0.241. The molecule has 0 saturated heterocycles. The number of hydrogen-bond acceptors (Lipinski definition) is 3. The van der Waals surface area contributed by atoms with Gasteiger partial charge in [-0.1, -0.05) is 30.3 Å². The van der Waals surface area contributed by atoms with Crippen molar-refractivity contribution in [3.05, 3.63) is 59.7 Å². The van der Waals surface area contributed by atoms with Crippen LogP contribution in [0.3, 0.4) is 0 Å². The van der Waals surface area contributed by atoms with Crippen LogP contribution in [0.4, 0.5) is 5.69 Å². The molecule has 1 amide bonds. The summed E-state index contributed by atoms with van der Waals surface area (Å²) in [4.78, 5) is 12.1. The monoisotopic (exact) mass is 284 g/mol. The maximum Gasteiger partial charge on any atom is 0.247 e. The predicted octanol–water partition coefficient (Wildman–Crippen LogP) is 2.82. The van der Waals surface area contributed by atoms with Crippen LogP contribution in [0.5, 0.6) is 5.75 Å². The zero-order valence-corrected chi connectivity index (χ0v) is 12.5. The molecule has 0 aliphatic carbocycles. The molecule has 0 radical (unpaired) electrons. The molecule has 4 heteroatoms. The van der Waals surface area contributed by atoms with Gasteiger partial charge in [0.1, 0.15) is 11.3 Å². The summed E-state index contributed by atoms with van der Waals surface area (Å²) >= 11 is 0. The van der Waals surface area contributed by atoms with Gasteiger partial charge in [0.15, 0.2) is 0 Å². The highest BCUT2D eigenvalue weighted by Gasteiger charge is 2.33. The first-order chi connectivity index (χ1) is 9.97. The number of aryl methyl sites for hydroxylation is 1. The largest absolute Gasteiger partial charge is 0.497 e. The quantitative estimate of drug-likeness (QED) is 0.887. The fourth-order valence-electron chi connectivity index (χ4n) is 2.19. The lowest BCUT2D eigenvalue weighted by molar-refractivity contribution is -0.122. The number of carbonyl (C=O) groups excluding carboxylic acids is 1. The van der Waals surface area contributed by atoms with Gasteiger partial charge in [0.25, 0.3) is 0 Å². The standard InChI is InChI=1S/C17H20N2O2/c1-12-7-4-5-10-15(12)19-17(2,16(18)20)13-8-6-9-14(11-13)21-3/h4-11,19H,1-3H3,(H2,18,20). The Kier molecular flexibility index (Phi) is 4.17.